The molecule has 0 saturated heterocycles. The smallest absolute Gasteiger partial charge is 0.231 e. The highest BCUT2D eigenvalue weighted by atomic mass is 32.2. The average molecular weight is 368 g/mol. The number of nitrogens with zero attached hydrogens (tertiary/aromatic N) is 1. The number of carbonyl (C=O) groups excluding carboxylic acids is 1. The number of nitrogens with one attached hydrogen (secondary N) is 1. The van der Waals surface area contributed by atoms with Gasteiger partial charge in [-0.05, 0) is 48.2 Å². The molecule has 26 heavy (non-hydrogen) atoms. The lowest BCUT2D eigenvalue weighted by molar-refractivity contribution is -0.118. The molecule has 0 spiro atoms. The normalized spacial score (nSPS) is 14.4. The van der Waals surface area contributed by atoms with Crippen LogP contribution in [-0.4, -0.2) is 32.1 Å². The molecule has 0 radical (unpaired) electrons. The zero-order valence-corrected chi connectivity index (χ0v) is 15.3. The largest absolute Gasteiger partial charge is 0.361 e. The fourth-order valence-electron chi connectivity index (χ4n) is 3.60. The molecule has 1 N–H and O–H groups in total. The van der Waals surface area contributed by atoms with Gasteiger partial charge in [0.25, 0.3) is 0 Å². The lowest BCUT2D eigenvalue weighted by Gasteiger charge is -2.30. The van der Waals surface area contributed by atoms with Crippen molar-refractivity contribution in [2.75, 3.05) is 17.7 Å². The molecule has 0 aliphatic carbocycles. The molecule has 4 rings (SSSR count). The number of H-pyrrole nitrogens is 1. The fraction of sp³-hybridized carbons (Fsp3) is 0.250. The molecular formula is C20H20N2O3S. The van der Waals surface area contributed by atoms with Crippen molar-refractivity contribution in [3.63, 3.8) is 0 Å². The third kappa shape index (κ3) is 3.01. The van der Waals surface area contributed by atoms with E-state index in [1.807, 2.05) is 30.5 Å². The van der Waals surface area contributed by atoms with Crippen molar-refractivity contribution in [2.24, 2.45) is 0 Å². The van der Waals surface area contributed by atoms with Gasteiger partial charge in [0, 0.05) is 35.6 Å². The van der Waals surface area contributed by atoms with E-state index in [0.29, 0.717) is 17.9 Å². The van der Waals surface area contributed by atoms with E-state index in [-0.39, 0.29) is 5.91 Å². The number of anilines is 1. The van der Waals surface area contributed by atoms with Crippen molar-refractivity contribution >= 4 is 32.3 Å². The average Bonchev–Trinajstić information content (AvgIpc) is 3.03. The van der Waals surface area contributed by atoms with Crippen molar-refractivity contribution < 1.29 is 13.2 Å². The minimum atomic E-state index is -3.25. The summed E-state index contributed by atoms with van der Waals surface area (Å²) in [4.78, 5) is 18.2. The Morgan fingerprint density at radius 3 is 2.81 bits per heavy atom. The standard InChI is InChI=1S/C20H20N2O3S/c1-26(24,25)16-8-9-19-14(11-16)5-4-10-22(19)20(23)12-15-13-21-18-7-3-2-6-17(15)18/h2-3,6-9,11,13,21H,4-5,10,12H2,1H3. The van der Waals surface area contributed by atoms with Crippen LogP contribution in [0.15, 0.2) is 53.6 Å². The Kier molecular flexibility index (Phi) is 4.07. The molecule has 1 amide bonds. The van der Waals surface area contributed by atoms with E-state index in [0.717, 1.165) is 40.6 Å². The summed E-state index contributed by atoms with van der Waals surface area (Å²) in [5.41, 5.74) is 3.75. The molecule has 2 aromatic carbocycles. The molecule has 5 nitrogen and oxygen atoms in total. The summed E-state index contributed by atoms with van der Waals surface area (Å²) in [5.74, 6) is 0.0304. The minimum absolute atomic E-state index is 0.0304. The number of aromatic amines is 1. The van der Waals surface area contributed by atoms with Crippen LogP contribution in [0.5, 0.6) is 0 Å². The molecule has 0 bridgehead atoms. The van der Waals surface area contributed by atoms with Crippen LogP contribution in [0.4, 0.5) is 5.69 Å². The number of para-hydroxylation sites is 1. The predicted octanol–water partition coefficient (Wildman–Crippen LogP) is 3.09. The first-order chi connectivity index (χ1) is 12.4. The molecule has 0 unspecified atom stereocenters. The summed E-state index contributed by atoms with van der Waals surface area (Å²) in [6.07, 6.45) is 5.03. The first-order valence-electron chi connectivity index (χ1n) is 8.62. The van der Waals surface area contributed by atoms with Crippen LogP contribution in [0.25, 0.3) is 10.9 Å². The molecule has 0 atom stereocenters. The van der Waals surface area contributed by atoms with E-state index in [2.05, 4.69) is 4.98 Å². The number of aromatic nitrogens is 1. The van der Waals surface area contributed by atoms with E-state index < -0.39 is 9.84 Å². The zero-order chi connectivity index (χ0) is 18.3. The maximum Gasteiger partial charge on any atom is 0.231 e. The van der Waals surface area contributed by atoms with Gasteiger partial charge in [-0.1, -0.05) is 18.2 Å². The number of hydrogen-bond donors (Lipinski definition) is 1. The number of carbonyl (C=O) groups is 1. The van der Waals surface area contributed by atoms with Gasteiger partial charge in [-0.15, -0.1) is 0 Å². The van der Waals surface area contributed by atoms with Gasteiger partial charge < -0.3 is 9.88 Å². The summed E-state index contributed by atoms with van der Waals surface area (Å²) < 4.78 is 23.6. The zero-order valence-electron chi connectivity index (χ0n) is 14.5. The quantitative estimate of drug-likeness (QED) is 0.772. The maximum atomic E-state index is 12.9. The number of benzene rings is 2. The Morgan fingerprint density at radius 2 is 2.00 bits per heavy atom. The maximum absolute atomic E-state index is 12.9. The van der Waals surface area contributed by atoms with Crippen LogP contribution in [0.3, 0.4) is 0 Å². The molecule has 6 heteroatoms. The van der Waals surface area contributed by atoms with Crippen LogP contribution < -0.4 is 4.90 Å². The van der Waals surface area contributed by atoms with E-state index >= 15 is 0 Å². The van der Waals surface area contributed by atoms with Crippen molar-refractivity contribution in [1.82, 2.24) is 4.98 Å². The van der Waals surface area contributed by atoms with E-state index in [1.165, 1.54) is 6.26 Å². The summed E-state index contributed by atoms with van der Waals surface area (Å²) >= 11 is 0. The van der Waals surface area contributed by atoms with Crippen molar-refractivity contribution in [1.29, 1.82) is 0 Å². The molecule has 1 aromatic heterocycles. The molecule has 0 saturated carbocycles. The second-order valence-corrected chi connectivity index (χ2v) is 8.76. The van der Waals surface area contributed by atoms with Gasteiger partial charge >= 0.3 is 0 Å². The summed E-state index contributed by atoms with van der Waals surface area (Å²) in [6.45, 7) is 0.659. The van der Waals surface area contributed by atoms with E-state index in [9.17, 15) is 13.2 Å². The third-order valence-electron chi connectivity index (χ3n) is 4.92. The van der Waals surface area contributed by atoms with E-state index in [1.54, 1.807) is 23.1 Å². The molecule has 134 valence electrons. The van der Waals surface area contributed by atoms with Gasteiger partial charge in [-0.3, -0.25) is 4.79 Å². The van der Waals surface area contributed by atoms with Crippen molar-refractivity contribution in [3.8, 4) is 0 Å². The van der Waals surface area contributed by atoms with Gasteiger partial charge in [-0.25, -0.2) is 8.42 Å². The van der Waals surface area contributed by atoms with Crippen LogP contribution in [0.2, 0.25) is 0 Å². The molecule has 1 aliphatic rings. The van der Waals surface area contributed by atoms with Gasteiger partial charge in [0.05, 0.1) is 11.3 Å². The molecule has 1 aliphatic heterocycles. The second-order valence-electron chi connectivity index (χ2n) is 6.75. The number of sulfone groups is 1. The van der Waals surface area contributed by atoms with Crippen LogP contribution >= 0.6 is 0 Å². The second kappa shape index (κ2) is 6.29. The number of amides is 1. The SMILES string of the molecule is CS(=O)(=O)c1ccc2c(c1)CCCN2C(=O)Cc1c[nH]c2ccccc12. The topological polar surface area (TPSA) is 70.2 Å². The van der Waals surface area contributed by atoms with Crippen LogP contribution in [-0.2, 0) is 27.5 Å². The Morgan fingerprint density at radius 1 is 1.19 bits per heavy atom. The molecule has 0 fully saturated rings. The van der Waals surface area contributed by atoms with Crippen molar-refractivity contribution in [2.45, 2.75) is 24.2 Å². The van der Waals surface area contributed by atoms with Gasteiger partial charge in [-0.2, -0.15) is 0 Å². The Hall–Kier alpha value is -2.60. The molecular weight excluding hydrogens is 348 g/mol. The Bertz CT molecular complexity index is 1100. The first-order valence-corrected chi connectivity index (χ1v) is 10.5. The minimum Gasteiger partial charge on any atom is -0.361 e. The summed E-state index contributed by atoms with van der Waals surface area (Å²) in [7, 11) is -3.25. The lowest BCUT2D eigenvalue weighted by atomic mass is 10.0. The van der Waals surface area contributed by atoms with Crippen LogP contribution in [0, 0.1) is 0 Å². The van der Waals surface area contributed by atoms with Gasteiger partial charge in [0.2, 0.25) is 5.91 Å². The van der Waals surface area contributed by atoms with E-state index in [4.69, 9.17) is 0 Å². The number of rotatable bonds is 3. The number of hydrogen-bond acceptors (Lipinski definition) is 3. The number of aryl methyl sites for hydroxylation is 1. The Labute approximate surface area is 152 Å². The summed E-state index contributed by atoms with van der Waals surface area (Å²) in [6, 6.07) is 13.0. The number of fused-ring (bicyclic) bond motifs is 2. The fourth-order valence-corrected chi connectivity index (χ4v) is 4.27. The molecule has 2 heterocycles. The predicted molar refractivity (Wildman–Crippen MR) is 102 cm³/mol. The van der Waals surface area contributed by atoms with Crippen LogP contribution in [0.1, 0.15) is 17.5 Å². The monoisotopic (exact) mass is 368 g/mol. The molecule has 3 aromatic rings. The lowest BCUT2D eigenvalue weighted by Crippen LogP contribution is -2.36. The van der Waals surface area contributed by atoms with Crippen molar-refractivity contribution in [3.05, 3.63) is 59.8 Å². The summed E-state index contributed by atoms with van der Waals surface area (Å²) in [5, 5.41) is 1.06. The van der Waals surface area contributed by atoms with Gasteiger partial charge in [0.1, 0.15) is 0 Å². The highest BCUT2D eigenvalue weighted by Gasteiger charge is 2.24. The van der Waals surface area contributed by atoms with Gasteiger partial charge in [0.15, 0.2) is 9.84 Å². The third-order valence-corrected chi connectivity index (χ3v) is 6.03. The highest BCUT2D eigenvalue weighted by molar-refractivity contribution is 7.90. The Balaban J connectivity index is 1.64. The highest BCUT2D eigenvalue weighted by Crippen LogP contribution is 2.30. The first kappa shape index (κ1) is 16.8.